The molecule has 6 heterocycles. The number of hydrogen-bond donors (Lipinski definition) is 7. The largest absolute Gasteiger partial charge is 0.481 e. The molecule has 25 heteroatoms. The molecule has 0 atom stereocenters. The van der Waals surface area contributed by atoms with Crippen molar-refractivity contribution in [2.45, 2.75) is 191 Å². The fourth-order valence-corrected chi connectivity index (χ4v) is 13.3. The summed E-state index contributed by atoms with van der Waals surface area (Å²) in [4.78, 5) is 95.7. The van der Waals surface area contributed by atoms with E-state index < -0.39 is 24.2 Å². The second-order valence-corrected chi connectivity index (χ2v) is 26.0. The van der Waals surface area contributed by atoms with Crippen molar-refractivity contribution >= 4 is 133 Å². The van der Waals surface area contributed by atoms with Crippen LogP contribution in [0.1, 0.15) is 169 Å². The molecule has 0 spiro atoms. The molecule has 3 aliphatic carbocycles. The number of nitrogens with two attached hydrogens (primary N) is 1. The highest BCUT2D eigenvalue weighted by Gasteiger charge is 2.22. The van der Waals surface area contributed by atoms with Gasteiger partial charge in [-0.1, -0.05) is 108 Å². The number of fused-ring (bicyclic) bond motifs is 3. The number of ether oxygens (including phenoxy) is 3. The molecule has 0 radical (unpaired) electrons. The van der Waals surface area contributed by atoms with Crippen LogP contribution in [0.25, 0.3) is 64.0 Å². The van der Waals surface area contributed by atoms with Crippen LogP contribution in [0.4, 0.5) is 46.8 Å². The van der Waals surface area contributed by atoms with E-state index in [1.165, 1.54) is 60.2 Å². The van der Waals surface area contributed by atoms with Gasteiger partial charge in [0.2, 0.25) is 11.8 Å². The van der Waals surface area contributed by atoms with Crippen LogP contribution in [0.3, 0.4) is 0 Å². The molecule has 3 aliphatic rings. The number of benzene rings is 3. The average Bonchev–Trinajstić information content (AvgIpc) is 1.43. The highest BCUT2D eigenvalue weighted by Crippen LogP contribution is 2.36. The van der Waals surface area contributed by atoms with Crippen molar-refractivity contribution in [1.29, 1.82) is 0 Å². The van der Waals surface area contributed by atoms with Crippen molar-refractivity contribution in [3.63, 3.8) is 0 Å². The van der Waals surface area contributed by atoms with Crippen molar-refractivity contribution in [1.82, 2.24) is 29.9 Å². The van der Waals surface area contributed by atoms with E-state index in [9.17, 15) is 28.8 Å². The summed E-state index contributed by atoms with van der Waals surface area (Å²) < 4.78 is 19.7. The van der Waals surface area contributed by atoms with Gasteiger partial charge in [-0.05, 0) is 169 Å². The van der Waals surface area contributed by atoms with Gasteiger partial charge < -0.3 is 35.7 Å². The van der Waals surface area contributed by atoms with Crippen LogP contribution in [-0.4, -0.2) is 89.4 Å². The molecule has 6 aromatic heterocycles. The number of nitrogens with zero attached hydrogens (tertiary/aromatic N) is 6. The zero-order valence-electron chi connectivity index (χ0n) is 53.0. The zero-order chi connectivity index (χ0) is 66.0. The van der Waals surface area contributed by atoms with Gasteiger partial charge in [-0.15, -0.1) is 0 Å². The maximum atomic E-state index is 12.4. The van der Waals surface area contributed by atoms with Crippen LogP contribution in [0.15, 0.2) is 91.4 Å². The number of hydrogen-bond acceptors (Lipinski definition) is 19. The van der Waals surface area contributed by atoms with Crippen LogP contribution in [0.5, 0.6) is 0 Å². The Bertz CT molecular complexity index is 4120. The summed E-state index contributed by atoms with van der Waals surface area (Å²) in [5.41, 5.74) is 18.1. The van der Waals surface area contributed by atoms with Gasteiger partial charge in [0.15, 0.2) is 15.4 Å². The van der Waals surface area contributed by atoms with Crippen molar-refractivity contribution in [3.05, 3.63) is 108 Å². The number of nitrogens with one attached hydrogen (secondary N) is 5. The van der Waals surface area contributed by atoms with Gasteiger partial charge in [-0.2, -0.15) is 0 Å². The number of amides is 5. The third kappa shape index (κ3) is 21.9. The third-order valence-electron chi connectivity index (χ3n) is 15.8. The zero-order valence-corrected chi connectivity index (χ0v) is 55.5. The van der Waals surface area contributed by atoms with Gasteiger partial charge in [0.25, 0.3) is 0 Å². The molecule has 12 rings (SSSR count). The molecule has 22 nitrogen and oxygen atoms in total. The van der Waals surface area contributed by atoms with E-state index in [1.807, 2.05) is 100 Å². The third-order valence-corrected chi connectivity index (χ3v) is 18.5. The highest BCUT2D eigenvalue weighted by molar-refractivity contribution is 7.23. The smallest absolute Gasteiger partial charge is 0.411 e. The monoisotopic (exact) mass is 1370 g/mol. The summed E-state index contributed by atoms with van der Waals surface area (Å²) >= 11 is 4.31. The number of carboxylic acid groups (broad SMARTS) is 1. The number of aliphatic carboxylic acids is 1. The van der Waals surface area contributed by atoms with E-state index in [1.54, 1.807) is 25.5 Å². The van der Waals surface area contributed by atoms with Crippen molar-refractivity contribution < 1.29 is 48.1 Å². The lowest BCUT2D eigenvalue weighted by atomic mass is 9.98. The van der Waals surface area contributed by atoms with Crippen LogP contribution in [-0.2, 0) is 28.6 Å². The van der Waals surface area contributed by atoms with Gasteiger partial charge >= 0.3 is 24.2 Å². The molecule has 3 saturated carbocycles. The first-order chi connectivity index (χ1) is 44.8. The lowest BCUT2D eigenvalue weighted by molar-refractivity contribution is -0.136. The van der Waals surface area contributed by atoms with Crippen molar-refractivity contribution in [2.24, 2.45) is 0 Å². The Morgan fingerprint density at radius 2 is 0.781 bits per heavy atom. The molecule has 8 N–H and O–H groups in total. The maximum absolute atomic E-state index is 12.4. The molecule has 5 amide bonds. The Kier molecular flexibility index (Phi) is 28.9. The van der Waals surface area contributed by atoms with E-state index >= 15 is 0 Å². The minimum atomic E-state index is -0.745. The number of rotatable bonds is 13. The van der Waals surface area contributed by atoms with Gasteiger partial charge in [0, 0.05) is 55.0 Å². The molecule has 9 aromatic rings. The number of thiazole rings is 3. The normalized spacial score (nSPS) is 13.8. The van der Waals surface area contributed by atoms with E-state index in [2.05, 4.69) is 56.5 Å². The summed E-state index contributed by atoms with van der Waals surface area (Å²) in [7, 11) is 0. The van der Waals surface area contributed by atoms with Gasteiger partial charge in [0.05, 0.1) is 64.8 Å². The van der Waals surface area contributed by atoms with Crippen LogP contribution < -0.4 is 32.3 Å². The molecular weight excluding hydrogens is 1280 g/mol. The van der Waals surface area contributed by atoms with E-state index in [0.29, 0.717) is 38.9 Å². The Hall–Kier alpha value is -9.20. The predicted molar refractivity (Wildman–Crippen MR) is 389 cm³/mol. The lowest BCUT2D eigenvalue weighted by Gasteiger charge is -2.22. The number of pyridine rings is 3. The average molecular weight is 1370 g/mol. The molecule has 512 valence electrons. The minimum absolute atomic E-state index is 0. The number of aromatic nitrogens is 6. The molecule has 0 saturated heterocycles. The van der Waals surface area contributed by atoms with Crippen molar-refractivity contribution in [2.75, 3.05) is 32.3 Å². The number of nitrogen functional groups attached to an aromatic ring is 1. The summed E-state index contributed by atoms with van der Waals surface area (Å²) in [6.07, 6.45) is 20.7. The second kappa shape index (κ2) is 36.6. The van der Waals surface area contributed by atoms with Gasteiger partial charge in [0.1, 0.15) is 18.3 Å². The molecule has 3 aromatic carbocycles. The van der Waals surface area contributed by atoms with Crippen LogP contribution in [0, 0.1) is 20.8 Å². The first kappa shape index (κ1) is 75.8. The fourth-order valence-electron chi connectivity index (χ4n) is 10.7. The van der Waals surface area contributed by atoms with E-state index in [-0.39, 0.29) is 58.8 Å². The van der Waals surface area contributed by atoms with E-state index in [4.69, 9.17) is 25.1 Å². The molecule has 3 fully saturated rings. The molecule has 0 unspecified atom stereocenters. The first-order valence-electron chi connectivity index (χ1n) is 31.5. The lowest BCUT2D eigenvalue weighted by Crippen LogP contribution is -2.24. The number of carbonyl (C=O) groups excluding carboxylic acids is 5. The first-order valence-corrected chi connectivity index (χ1v) is 33.9. The molecule has 0 aliphatic heterocycles. The highest BCUT2D eigenvalue weighted by atomic mass is 32.1. The number of anilines is 6. The maximum Gasteiger partial charge on any atom is 0.411 e. The summed E-state index contributed by atoms with van der Waals surface area (Å²) in [6, 6.07) is 23.5. The topological polar surface area (TPSA) is 314 Å². The standard InChI is InChI=1S/C23H26N4O3S.C22H24N4O3S.C20H22N4O2S.C3H6O2.3CH4/c1-3-21(28)27-22-25-18-10-9-15(12-20(18)31-22)16-11-19(14(2)24-13-16)26-23(29)30-17-7-5-4-6-8-17;1-13-19(26-22(28)29-17-6-4-3-5-7-17)10-16(12-23-13)15-8-9-18-20(11-15)30-21(25-18)24-14(2)27;1-12-17(24-20(25)26-15-5-3-2-4-6-15)9-14(11-22-12)13-7-8-16-18(10-13)27-19(21)23-16;1-2-3(4)5;;;/h9-13,17H,3-8H2,1-2H3,(H,26,29)(H,25,27,28);8-12,17H,3-7H2,1-2H3,(H,26,28)(H,24,25,27);7-11,15H,2-6H2,1H3,(H2,21,23)(H,24,25);2H2,1H3,(H,4,5);3*1H4. The number of aryl methyl sites for hydroxylation is 3. The van der Waals surface area contributed by atoms with E-state index in [0.717, 1.165) is 158 Å². The fraction of sp³-hybridized carbons (Fsp3) is 0.408. The SMILES string of the molecule is C.C.C.CC(=O)Nc1nc2ccc(-c3cnc(C)c(NC(=O)OC4CCCCC4)c3)cc2s1.CCC(=O)Nc1nc2ccc(-c3cnc(C)c(NC(=O)OC4CCCCC4)c3)cc2s1.CCC(=O)O.Cc1ncc(-c2ccc3nc(N)sc3c2)cc1NC(=O)OC1CCCCC1. The van der Waals surface area contributed by atoms with Gasteiger partial charge in [-0.25, -0.2) is 29.3 Å². The van der Waals surface area contributed by atoms with Gasteiger partial charge in [-0.3, -0.25) is 45.3 Å². The van der Waals surface area contributed by atoms with Crippen molar-refractivity contribution in [3.8, 4) is 33.4 Å². The minimum Gasteiger partial charge on any atom is -0.481 e. The quantitative estimate of drug-likeness (QED) is 0.0528. The number of carboxylic acids is 1. The second-order valence-electron chi connectivity index (χ2n) is 22.9. The Balaban J connectivity index is 0.000000217. The van der Waals surface area contributed by atoms with Crippen LogP contribution in [0.2, 0.25) is 0 Å². The molecule has 0 bridgehead atoms. The molecule has 96 heavy (non-hydrogen) atoms. The Morgan fingerprint density at radius 1 is 0.458 bits per heavy atom. The summed E-state index contributed by atoms with van der Waals surface area (Å²) in [6.45, 7) is 10.4. The summed E-state index contributed by atoms with van der Waals surface area (Å²) in [5, 5.41) is 23.5. The number of carbonyl (C=O) groups is 6. The summed E-state index contributed by atoms with van der Waals surface area (Å²) in [5.74, 6) is -0.948. The molecular formula is C71H90N12O10S3. The predicted octanol–water partition coefficient (Wildman–Crippen LogP) is 18.9. The Morgan fingerprint density at radius 3 is 1.10 bits per heavy atom. The Labute approximate surface area is 573 Å². The van der Waals surface area contributed by atoms with Crippen LogP contribution >= 0.6 is 34.0 Å².